The van der Waals surface area contributed by atoms with Crippen LogP contribution >= 0.6 is 0 Å². The van der Waals surface area contributed by atoms with Gasteiger partial charge in [-0.1, -0.05) is 6.42 Å². The topological polar surface area (TPSA) is 112 Å². The molecule has 4 bridgehead atoms. The Morgan fingerprint density at radius 3 is 2.41 bits per heavy atom. The molecule has 2 atom stereocenters. The van der Waals surface area contributed by atoms with Gasteiger partial charge in [0.15, 0.2) is 9.84 Å². The van der Waals surface area contributed by atoms with E-state index in [-0.39, 0.29) is 29.4 Å². The van der Waals surface area contributed by atoms with Gasteiger partial charge in [0.25, 0.3) is 5.91 Å². The fourth-order valence-corrected chi connectivity index (χ4v) is 8.27. The van der Waals surface area contributed by atoms with E-state index in [9.17, 15) is 18.3 Å². The van der Waals surface area contributed by atoms with Crippen molar-refractivity contribution in [3.8, 4) is 0 Å². The maximum Gasteiger partial charge on any atom is 0.254 e. The Balaban J connectivity index is 1.23. The van der Waals surface area contributed by atoms with Crippen LogP contribution in [0.15, 0.2) is 6.20 Å². The van der Waals surface area contributed by atoms with Gasteiger partial charge in [-0.15, -0.1) is 0 Å². The van der Waals surface area contributed by atoms with Crippen molar-refractivity contribution in [2.24, 2.45) is 17.8 Å². The fourth-order valence-electron chi connectivity index (χ4n) is 7.06. The second-order valence-corrected chi connectivity index (χ2v) is 13.2. The maximum absolute atomic E-state index is 13.4. The van der Waals surface area contributed by atoms with Gasteiger partial charge in [0.05, 0.1) is 28.4 Å². The minimum atomic E-state index is -2.97. The van der Waals surface area contributed by atoms with Crippen LogP contribution in [-0.2, 0) is 9.84 Å². The van der Waals surface area contributed by atoms with Crippen molar-refractivity contribution in [1.82, 2.24) is 15.3 Å². The normalized spacial score (nSPS) is 37.8. The standard InChI is InChI=1S/C23H32N4O4S/c28-21(25-19-16-8-14-9-17(19)12-23(29,10-14)11-16)18-13-24-22(26-20(18)15-2-1-3-15)27-4-6-32(30,31)7-5-27/h13-17,19,29H,1-12H2,(H,25,28)/t14?,16?,17?,19-,23+. The first kappa shape index (κ1) is 20.8. The second-order valence-electron chi connectivity index (χ2n) is 10.9. The Bertz CT molecular complexity index is 1010. The average Bonchev–Trinajstić information content (AvgIpc) is 2.68. The van der Waals surface area contributed by atoms with Crippen LogP contribution in [-0.4, -0.2) is 65.6 Å². The van der Waals surface area contributed by atoms with Crippen LogP contribution in [0.1, 0.15) is 73.3 Å². The smallest absolute Gasteiger partial charge is 0.254 e. The molecule has 1 amide bonds. The number of anilines is 1. The average molecular weight is 461 g/mol. The van der Waals surface area contributed by atoms with Gasteiger partial charge in [0.1, 0.15) is 0 Å². The van der Waals surface area contributed by atoms with E-state index in [1.807, 2.05) is 4.90 Å². The Kier molecular flexibility index (Phi) is 4.81. The Hall–Kier alpha value is -1.74. The highest BCUT2D eigenvalue weighted by Crippen LogP contribution is 2.55. The minimum Gasteiger partial charge on any atom is -0.390 e. The summed E-state index contributed by atoms with van der Waals surface area (Å²) in [5.41, 5.74) is 0.867. The van der Waals surface area contributed by atoms with E-state index in [0.717, 1.165) is 57.1 Å². The molecule has 8 nitrogen and oxygen atoms in total. The molecule has 6 fully saturated rings. The van der Waals surface area contributed by atoms with E-state index in [1.165, 1.54) is 0 Å². The molecule has 7 rings (SSSR count). The molecule has 1 saturated heterocycles. The number of aliphatic hydroxyl groups is 1. The van der Waals surface area contributed by atoms with Crippen LogP contribution in [0.2, 0.25) is 0 Å². The molecular formula is C23H32N4O4S. The quantitative estimate of drug-likeness (QED) is 0.702. The molecule has 0 aromatic carbocycles. The number of hydrogen-bond donors (Lipinski definition) is 2. The van der Waals surface area contributed by atoms with Gasteiger partial charge in [-0.3, -0.25) is 4.79 Å². The van der Waals surface area contributed by atoms with Crippen molar-refractivity contribution < 1.29 is 18.3 Å². The van der Waals surface area contributed by atoms with Crippen molar-refractivity contribution in [1.29, 1.82) is 0 Å². The molecule has 6 aliphatic rings. The lowest BCUT2D eigenvalue weighted by Gasteiger charge is -2.58. The van der Waals surface area contributed by atoms with Gasteiger partial charge in [-0.25, -0.2) is 18.4 Å². The molecule has 9 heteroatoms. The summed E-state index contributed by atoms with van der Waals surface area (Å²) in [6, 6.07) is 0.126. The lowest BCUT2D eigenvalue weighted by atomic mass is 9.52. The van der Waals surface area contributed by atoms with Crippen molar-refractivity contribution in [3.63, 3.8) is 0 Å². The summed E-state index contributed by atoms with van der Waals surface area (Å²) in [6.07, 6.45) is 9.57. The summed E-state index contributed by atoms with van der Waals surface area (Å²) in [6.45, 7) is 0.793. The van der Waals surface area contributed by atoms with E-state index >= 15 is 0 Å². The maximum atomic E-state index is 13.4. The molecule has 0 radical (unpaired) electrons. The highest BCUT2D eigenvalue weighted by molar-refractivity contribution is 7.91. The van der Waals surface area contributed by atoms with Crippen molar-refractivity contribution in [2.45, 2.75) is 68.9 Å². The molecule has 1 aliphatic heterocycles. The Labute approximate surface area is 189 Å². The highest BCUT2D eigenvalue weighted by atomic mass is 32.2. The molecule has 0 spiro atoms. The molecule has 2 unspecified atom stereocenters. The van der Waals surface area contributed by atoms with Gasteiger partial charge in [-0.05, 0) is 62.7 Å². The largest absolute Gasteiger partial charge is 0.390 e. The number of nitrogens with zero attached hydrogens (tertiary/aromatic N) is 3. The third kappa shape index (κ3) is 3.61. The number of amides is 1. The molecule has 5 saturated carbocycles. The van der Waals surface area contributed by atoms with Gasteiger partial charge in [0, 0.05) is 31.2 Å². The van der Waals surface area contributed by atoms with Gasteiger partial charge >= 0.3 is 0 Å². The Morgan fingerprint density at radius 1 is 1.12 bits per heavy atom. The van der Waals surface area contributed by atoms with E-state index in [1.54, 1.807) is 6.20 Å². The third-order valence-electron chi connectivity index (χ3n) is 8.71. The van der Waals surface area contributed by atoms with Crippen LogP contribution in [0.5, 0.6) is 0 Å². The molecule has 32 heavy (non-hydrogen) atoms. The van der Waals surface area contributed by atoms with Crippen LogP contribution in [0.4, 0.5) is 5.95 Å². The zero-order valence-electron chi connectivity index (χ0n) is 18.4. The first-order valence-corrected chi connectivity index (χ1v) is 14.0. The van der Waals surface area contributed by atoms with Crippen LogP contribution < -0.4 is 10.2 Å². The SMILES string of the molecule is O=C(N[C@H]1C2CC3CC1C[C@@](O)(C3)C2)c1cnc(N2CCS(=O)(=O)CC2)nc1C1CCC1. The van der Waals surface area contributed by atoms with Gasteiger partial charge in [-0.2, -0.15) is 0 Å². The zero-order chi connectivity index (χ0) is 22.1. The van der Waals surface area contributed by atoms with Crippen LogP contribution in [0.25, 0.3) is 0 Å². The van der Waals surface area contributed by atoms with Crippen LogP contribution in [0.3, 0.4) is 0 Å². The first-order valence-electron chi connectivity index (χ1n) is 12.1. The molecule has 2 N–H and O–H groups in total. The first-order chi connectivity index (χ1) is 15.3. The van der Waals surface area contributed by atoms with E-state index < -0.39 is 15.4 Å². The monoisotopic (exact) mass is 460 g/mol. The Morgan fingerprint density at radius 2 is 1.81 bits per heavy atom. The number of aromatic nitrogens is 2. The highest BCUT2D eigenvalue weighted by Gasteiger charge is 2.55. The third-order valence-corrected chi connectivity index (χ3v) is 10.3. The molecule has 1 aromatic heterocycles. The van der Waals surface area contributed by atoms with Gasteiger partial charge < -0.3 is 15.3 Å². The molecule has 5 aliphatic carbocycles. The summed E-state index contributed by atoms with van der Waals surface area (Å²) >= 11 is 0. The molecular weight excluding hydrogens is 428 g/mol. The number of rotatable bonds is 4. The zero-order valence-corrected chi connectivity index (χ0v) is 19.2. The predicted molar refractivity (Wildman–Crippen MR) is 119 cm³/mol. The number of carbonyl (C=O) groups excluding carboxylic acids is 1. The predicted octanol–water partition coefficient (Wildman–Crippen LogP) is 1.65. The minimum absolute atomic E-state index is 0.0934. The summed E-state index contributed by atoms with van der Waals surface area (Å²) in [5, 5.41) is 14.2. The lowest BCUT2D eigenvalue weighted by molar-refractivity contribution is -0.136. The van der Waals surface area contributed by atoms with E-state index in [0.29, 0.717) is 42.4 Å². The second kappa shape index (κ2) is 7.38. The molecule has 174 valence electrons. The number of sulfone groups is 1. The van der Waals surface area contributed by atoms with Crippen molar-refractivity contribution >= 4 is 21.7 Å². The summed E-state index contributed by atoms with van der Waals surface area (Å²) < 4.78 is 23.6. The van der Waals surface area contributed by atoms with E-state index in [2.05, 4.69) is 10.3 Å². The summed E-state index contributed by atoms with van der Waals surface area (Å²) in [5.74, 6) is 2.28. The number of carbonyl (C=O) groups is 1. The lowest BCUT2D eigenvalue weighted by Crippen LogP contribution is -2.61. The number of hydrogen-bond acceptors (Lipinski definition) is 7. The molecule has 2 heterocycles. The van der Waals surface area contributed by atoms with E-state index in [4.69, 9.17) is 4.98 Å². The number of nitrogens with one attached hydrogen (secondary N) is 1. The van der Waals surface area contributed by atoms with Crippen LogP contribution in [0, 0.1) is 17.8 Å². The molecule has 1 aromatic rings. The summed E-state index contributed by atoms with van der Waals surface area (Å²) in [4.78, 5) is 24.6. The summed E-state index contributed by atoms with van der Waals surface area (Å²) in [7, 11) is -2.97. The van der Waals surface area contributed by atoms with Crippen molar-refractivity contribution in [2.75, 3.05) is 29.5 Å². The van der Waals surface area contributed by atoms with Crippen molar-refractivity contribution in [3.05, 3.63) is 17.5 Å². The van der Waals surface area contributed by atoms with Gasteiger partial charge in [0.2, 0.25) is 5.95 Å². The fraction of sp³-hybridized carbons (Fsp3) is 0.783.